The predicted molar refractivity (Wildman–Crippen MR) is 72.5 cm³/mol. The summed E-state index contributed by atoms with van der Waals surface area (Å²) in [4.78, 5) is 10.8. The molecule has 0 heterocycles. The van der Waals surface area contributed by atoms with Crippen LogP contribution >= 0.6 is 11.8 Å². The summed E-state index contributed by atoms with van der Waals surface area (Å²) in [5.74, 6) is 7.51. The fourth-order valence-electron chi connectivity index (χ4n) is 1.50. The van der Waals surface area contributed by atoms with Crippen molar-refractivity contribution in [1.82, 2.24) is 0 Å². The molecule has 0 amide bonds. The molecule has 1 aromatic rings. The van der Waals surface area contributed by atoms with Gasteiger partial charge in [0.25, 0.3) is 0 Å². The molecule has 0 aliphatic carbocycles. The van der Waals surface area contributed by atoms with Gasteiger partial charge in [0.2, 0.25) is 0 Å². The third kappa shape index (κ3) is 4.16. The highest BCUT2D eigenvalue weighted by atomic mass is 32.2. The number of thioether (sulfide) groups is 1. The topological polar surface area (TPSA) is 26.3 Å². The molecule has 0 unspecified atom stereocenters. The van der Waals surface area contributed by atoms with E-state index in [1.165, 1.54) is 11.8 Å². The fourth-order valence-corrected chi connectivity index (χ4v) is 1.85. The zero-order valence-corrected chi connectivity index (χ0v) is 11.4. The lowest BCUT2D eigenvalue weighted by atomic mass is 10.0. The van der Waals surface area contributed by atoms with Crippen LogP contribution in [0.2, 0.25) is 0 Å². The molecule has 0 saturated heterocycles. The highest BCUT2D eigenvalue weighted by Crippen LogP contribution is 2.20. The lowest BCUT2D eigenvalue weighted by Crippen LogP contribution is -1.92. The van der Waals surface area contributed by atoms with Crippen LogP contribution in [0.15, 0.2) is 12.1 Å². The van der Waals surface area contributed by atoms with Crippen LogP contribution in [-0.2, 0) is 4.79 Å². The van der Waals surface area contributed by atoms with Gasteiger partial charge in [0, 0.05) is 12.5 Å². The summed E-state index contributed by atoms with van der Waals surface area (Å²) in [6.07, 6.45) is 0. The number of carbonyl (C=O) groups is 1. The molecule has 3 heteroatoms. The van der Waals surface area contributed by atoms with E-state index in [-0.39, 0.29) is 5.12 Å². The maximum Gasteiger partial charge on any atom is 0.186 e. The molecule has 0 spiro atoms. The van der Waals surface area contributed by atoms with E-state index >= 15 is 0 Å². The fraction of sp³-hybridized carbons (Fsp3) is 0.357. The molecule has 1 rings (SSSR count). The van der Waals surface area contributed by atoms with Gasteiger partial charge in [-0.15, -0.1) is 0 Å². The third-order valence-corrected chi connectivity index (χ3v) is 3.00. The minimum absolute atomic E-state index is 0.0995. The maximum atomic E-state index is 10.8. The minimum atomic E-state index is 0.0995. The van der Waals surface area contributed by atoms with E-state index in [1.807, 2.05) is 26.0 Å². The van der Waals surface area contributed by atoms with Crippen molar-refractivity contribution in [3.8, 4) is 17.6 Å². The Morgan fingerprint density at radius 3 is 2.41 bits per heavy atom. The van der Waals surface area contributed by atoms with Crippen LogP contribution in [0.3, 0.4) is 0 Å². The average Bonchev–Trinajstić information content (AvgIpc) is 2.26. The van der Waals surface area contributed by atoms with Crippen molar-refractivity contribution in [2.45, 2.75) is 20.8 Å². The van der Waals surface area contributed by atoms with E-state index in [1.54, 1.807) is 14.0 Å². The normalized spacial score (nSPS) is 9.41. The molecule has 1 aromatic carbocycles. The Balaban J connectivity index is 2.87. The Hall–Kier alpha value is -1.40. The van der Waals surface area contributed by atoms with Crippen molar-refractivity contribution >= 4 is 16.9 Å². The average molecular weight is 248 g/mol. The lowest BCUT2D eigenvalue weighted by Gasteiger charge is -2.06. The zero-order valence-electron chi connectivity index (χ0n) is 10.6. The Labute approximate surface area is 107 Å². The molecule has 90 valence electrons. The Kier molecular flexibility index (Phi) is 5.11. The Morgan fingerprint density at radius 2 is 1.94 bits per heavy atom. The first kappa shape index (κ1) is 13.7. The Bertz CT molecular complexity index is 458. The summed E-state index contributed by atoms with van der Waals surface area (Å²) in [5, 5.41) is 0.0995. The molecule has 0 fully saturated rings. The van der Waals surface area contributed by atoms with Gasteiger partial charge in [-0.25, -0.2) is 0 Å². The molecule has 2 nitrogen and oxygen atoms in total. The molecule has 0 aliphatic heterocycles. The predicted octanol–water partition coefficient (Wildman–Crippen LogP) is 2.94. The minimum Gasteiger partial charge on any atom is -0.497 e. The number of methoxy groups -OCH3 is 1. The summed E-state index contributed by atoms with van der Waals surface area (Å²) in [7, 11) is 1.66. The van der Waals surface area contributed by atoms with E-state index in [0.29, 0.717) is 5.75 Å². The highest BCUT2D eigenvalue weighted by Gasteiger charge is 2.02. The lowest BCUT2D eigenvalue weighted by molar-refractivity contribution is -0.109. The van der Waals surface area contributed by atoms with Gasteiger partial charge in [-0.2, -0.15) is 0 Å². The number of benzene rings is 1. The van der Waals surface area contributed by atoms with Gasteiger partial charge in [0.1, 0.15) is 5.75 Å². The first-order valence-corrected chi connectivity index (χ1v) is 6.30. The summed E-state index contributed by atoms with van der Waals surface area (Å²) >= 11 is 1.23. The molecule has 0 bridgehead atoms. The largest absolute Gasteiger partial charge is 0.497 e. The first-order chi connectivity index (χ1) is 8.04. The van der Waals surface area contributed by atoms with Crippen molar-refractivity contribution in [2.24, 2.45) is 0 Å². The second-order valence-corrected chi connectivity index (χ2v) is 4.87. The van der Waals surface area contributed by atoms with Crippen molar-refractivity contribution in [2.75, 3.05) is 12.9 Å². The van der Waals surface area contributed by atoms with Gasteiger partial charge in [-0.1, -0.05) is 23.6 Å². The molecule has 0 aromatic heterocycles. The van der Waals surface area contributed by atoms with Crippen LogP contribution in [0.25, 0.3) is 0 Å². The molecule has 17 heavy (non-hydrogen) atoms. The molecule has 0 atom stereocenters. The number of ether oxygens (including phenoxy) is 1. The number of hydrogen-bond donors (Lipinski definition) is 0. The van der Waals surface area contributed by atoms with E-state index in [4.69, 9.17) is 4.74 Å². The van der Waals surface area contributed by atoms with E-state index in [9.17, 15) is 4.79 Å². The highest BCUT2D eigenvalue weighted by molar-refractivity contribution is 8.13. The van der Waals surface area contributed by atoms with Crippen LogP contribution in [-0.4, -0.2) is 18.0 Å². The summed E-state index contributed by atoms with van der Waals surface area (Å²) in [6, 6.07) is 3.93. The monoisotopic (exact) mass is 248 g/mol. The van der Waals surface area contributed by atoms with Crippen molar-refractivity contribution in [1.29, 1.82) is 0 Å². The van der Waals surface area contributed by atoms with Crippen LogP contribution in [0.1, 0.15) is 23.6 Å². The summed E-state index contributed by atoms with van der Waals surface area (Å²) < 4.78 is 5.19. The third-order valence-electron chi connectivity index (χ3n) is 2.30. The van der Waals surface area contributed by atoms with Crippen LogP contribution in [0, 0.1) is 25.7 Å². The number of rotatable bonds is 2. The van der Waals surface area contributed by atoms with E-state index in [0.717, 1.165) is 22.4 Å². The van der Waals surface area contributed by atoms with Crippen molar-refractivity contribution in [3.63, 3.8) is 0 Å². The van der Waals surface area contributed by atoms with Gasteiger partial charge >= 0.3 is 0 Å². The molecule has 0 saturated carbocycles. The quantitative estimate of drug-likeness (QED) is 0.753. The molecular formula is C14H16O2S. The molecular weight excluding hydrogens is 232 g/mol. The van der Waals surface area contributed by atoms with Gasteiger partial charge in [0.15, 0.2) is 5.12 Å². The molecule has 0 radical (unpaired) electrons. The number of hydrogen-bond acceptors (Lipinski definition) is 3. The molecule has 0 aliphatic rings. The van der Waals surface area contributed by atoms with Gasteiger partial charge in [0.05, 0.1) is 12.9 Å². The van der Waals surface area contributed by atoms with Gasteiger partial charge in [-0.3, -0.25) is 4.79 Å². The second-order valence-electron chi connectivity index (χ2n) is 3.72. The first-order valence-electron chi connectivity index (χ1n) is 5.32. The van der Waals surface area contributed by atoms with Crippen molar-refractivity contribution in [3.05, 3.63) is 28.8 Å². The van der Waals surface area contributed by atoms with E-state index < -0.39 is 0 Å². The van der Waals surface area contributed by atoms with E-state index in [2.05, 4.69) is 11.8 Å². The summed E-state index contributed by atoms with van der Waals surface area (Å²) in [6.45, 7) is 5.57. The molecule has 0 N–H and O–H groups in total. The SMILES string of the molecule is COc1cc(C)c(C#CCSC(C)=O)c(C)c1. The smallest absolute Gasteiger partial charge is 0.186 e. The number of aryl methyl sites for hydroxylation is 2. The standard InChI is InChI=1S/C14H16O2S/c1-10-8-13(16-4)9-11(2)14(10)6-5-7-17-12(3)15/h8-9H,7H2,1-4H3. The zero-order chi connectivity index (χ0) is 12.8. The van der Waals surface area contributed by atoms with Crippen LogP contribution < -0.4 is 4.74 Å². The number of carbonyl (C=O) groups excluding carboxylic acids is 1. The van der Waals surface area contributed by atoms with Crippen LogP contribution in [0.4, 0.5) is 0 Å². The Morgan fingerprint density at radius 1 is 1.35 bits per heavy atom. The van der Waals surface area contributed by atoms with Gasteiger partial charge < -0.3 is 4.74 Å². The van der Waals surface area contributed by atoms with Gasteiger partial charge in [-0.05, 0) is 37.1 Å². The van der Waals surface area contributed by atoms with Crippen molar-refractivity contribution < 1.29 is 9.53 Å². The summed E-state index contributed by atoms with van der Waals surface area (Å²) in [5.41, 5.74) is 3.22. The maximum absolute atomic E-state index is 10.8. The van der Waals surface area contributed by atoms with Crippen LogP contribution in [0.5, 0.6) is 5.75 Å². The second kappa shape index (κ2) is 6.36.